The van der Waals surface area contributed by atoms with Crippen LogP contribution in [0.1, 0.15) is 56.8 Å². The van der Waals surface area contributed by atoms with E-state index in [2.05, 4.69) is 25.9 Å². The second kappa shape index (κ2) is 20.8. The number of aromatic nitrogens is 2. The number of pyridine rings is 2. The molecule has 2 saturated heterocycles. The van der Waals surface area contributed by atoms with E-state index in [9.17, 15) is 23.2 Å². The van der Waals surface area contributed by atoms with Crippen molar-refractivity contribution >= 4 is 41.2 Å². The number of hydrogen-bond acceptors (Lipinski definition) is 10. The predicted molar refractivity (Wildman–Crippen MR) is 221 cm³/mol. The summed E-state index contributed by atoms with van der Waals surface area (Å²) in [4.78, 5) is 49.9. The number of ether oxygens (including phenoxy) is 2. The molecule has 58 heavy (non-hydrogen) atoms. The molecule has 2 aromatic heterocycles. The largest absolute Gasteiger partial charge is 0.438 e. The zero-order chi connectivity index (χ0) is 40.9. The van der Waals surface area contributed by atoms with Gasteiger partial charge < -0.3 is 30.3 Å². The highest BCUT2D eigenvalue weighted by Gasteiger charge is 2.27. The Kier molecular flexibility index (Phi) is 15.1. The first-order chi connectivity index (χ1) is 28.2. The first kappa shape index (κ1) is 42.1. The minimum atomic E-state index is -0.617. The van der Waals surface area contributed by atoms with Gasteiger partial charge in [-0.25, -0.2) is 18.7 Å². The molecule has 0 unspecified atom stereocenters. The molecule has 3 N–H and O–H groups in total. The average Bonchev–Trinajstić information content (AvgIpc) is 3.26. The van der Waals surface area contributed by atoms with Crippen molar-refractivity contribution < 1.29 is 32.6 Å². The number of nitrogens with zero attached hydrogens (tertiary/aromatic N) is 3. The molecule has 11 nitrogen and oxygen atoms in total. The Balaban J connectivity index is 0.000000203. The number of benzene rings is 3. The van der Waals surface area contributed by atoms with Gasteiger partial charge in [0, 0.05) is 40.5 Å². The molecule has 0 saturated carbocycles. The number of hydrogen-bond donors (Lipinski definition) is 3. The molecule has 0 aliphatic carbocycles. The summed E-state index contributed by atoms with van der Waals surface area (Å²) in [5.74, 6) is -0.799. The van der Waals surface area contributed by atoms with Crippen molar-refractivity contribution in [2.24, 2.45) is 0 Å². The second-order valence-electron chi connectivity index (χ2n) is 13.5. The number of carbonyl (C=O) groups is 3. The highest BCUT2D eigenvalue weighted by Crippen LogP contribution is 2.29. The van der Waals surface area contributed by atoms with Crippen LogP contribution in [0.5, 0.6) is 23.3 Å². The fraction of sp³-hybridized carbons (Fsp3) is 0.279. The Morgan fingerprint density at radius 1 is 0.672 bits per heavy atom. The number of piperidine rings is 2. The molecule has 3 aromatic carbocycles. The maximum absolute atomic E-state index is 13.9. The minimum Gasteiger partial charge on any atom is -0.438 e. The van der Waals surface area contributed by atoms with Crippen LogP contribution >= 0.6 is 23.5 Å². The van der Waals surface area contributed by atoms with Crippen LogP contribution in [-0.4, -0.2) is 83.4 Å². The lowest BCUT2D eigenvalue weighted by Crippen LogP contribution is -2.46. The van der Waals surface area contributed by atoms with Gasteiger partial charge >= 0.3 is 0 Å². The fourth-order valence-electron chi connectivity index (χ4n) is 6.38. The predicted octanol–water partition coefficient (Wildman–Crippen LogP) is 7.99. The van der Waals surface area contributed by atoms with Gasteiger partial charge in [-0.1, -0.05) is 30.3 Å². The fourth-order valence-corrected chi connectivity index (χ4v) is 7.27. The third-order valence-corrected chi connectivity index (χ3v) is 10.9. The molecule has 302 valence electrons. The van der Waals surface area contributed by atoms with Gasteiger partial charge in [0.15, 0.2) is 0 Å². The van der Waals surface area contributed by atoms with Crippen LogP contribution in [0.15, 0.2) is 113 Å². The lowest BCUT2D eigenvalue weighted by molar-refractivity contribution is 0.0697. The van der Waals surface area contributed by atoms with Crippen LogP contribution in [0.3, 0.4) is 0 Å². The molecule has 0 spiro atoms. The van der Waals surface area contributed by atoms with Crippen molar-refractivity contribution in [1.82, 2.24) is 30.8 Å². The number of likely N-dealkylation sites (tertiary alicyclic amines) is 1. The Hall–Kier alpha value is -5.51. The van der Waals surface area contributed by atoms with E-state index in [1.807, 2.05) is 67.1 Å². The number of halogens is 2. The van der Waals surface area contributed by atoms with Crippen LogP contribution < -0.4 is 25.4 Å². The topological polar surface area (TPSA) is 135 Å². The lowest BCUT2D eigenvalue weighted by Gasteiger charge is -2.32. The molecule has 5 aromatic rings. The molecule has 4 heterocycles. The Bertz CT molecular complexity index is 2190. The molecule has 15 heteroatoms. The molecule has 0 bridgehead atoms. The SMILES string of the molecule is CSc1cccc(Oc2ncc(F)cc2C(=O)NC2CCN(C(=O)c3ccccc3)CC2)c1.CSc1cccc(Oc2ncc(F)cc2C(=O)NC2CCNCC2)c1. The van der Waals surface area contributed by atoms with Gasteiger partial charge in [-0.05, 0) is 112 Å². The maximum Gasteiger partial charge on any atom is 0.257 e. The van der Waals surface area contributed by atoms with E-state index >= 15 is 0 Å². The second-order valence-corrected chi connectivity index (χ2v) is 15.2. The van der Waals surface area contributed by atoms with E-state index in [-0.39, 0.29) is 46.8 Å². The monoisotopic (exact) mass is 826 g/mol. The molecule has 2 aliphatic rings. The van der Waals surface area contributed by atoms with E-state index in [0.717, 1.165) is 60.2 Å². The number of thioether (sulfide) groups is 2. The molecular formula is C43H44F2N6O5S2. The Morgan fingerprint density at radius 2 is 1.16 bits per heavy atom. The third kappa shape index (κ3) is 11.8. The maximum atomic E-state index is 13.9. The van der Waals surface area contributed by atoms with Crippen LogP contribution in [0.2, 0.25) is 0 Å². The van der Waals surface area contributed by atoms with Gasteiger partial charge in [-0.15, -0.1) is 23.5 Å². The van der Waals surface area contributed by atoms with Gasteiger partial charge in [0.2, 0.25) is 11.8 Å². The average molecular weight is 827 g/mol. The van der Waals surface area contributed by atoms with Gasteiger partial charge in [0.25, 0.3) is 17.7 Å². The first-order valence-corrected chi connectivity index (χ1v) is 21.3. The smallest absolute Gasteiger partial charge is 0.257 e. The minimum absolute atomic E-state index is 0.0159. The van der Waals surface area contributed by atoms with Crippen LogP contribution in [-0.2, 0) is 0 Å². The van der Waals surface area contributed by atoms with E-state index in [0.29, 0.717) is 43.0 Å². The standard InChI is InChI=1S/C25H24FN3O3S.C18H20FN3O2S/c1-33-21-9-5-8-20(15-21)32-24-22(14-18(26)16-27-24)23(30)28-19-10-12-29(13-11-19)25(31)17-6-3-2-4-7-17;1-25-15-4-2-3-14(10-15)24-18-16(9-12(19)11-21-18)17(23)22-13-5-7-20-8-6-13/h2-9,14-16,19H,10-13H2,1H3,(H,28,30);2-4,9-11,13,20H,5-8H2,1H3,(H,22,23). The van der Waals surface area contributed by atoms with E-state index in [1.54, 1.807) is 52.7 Å². The number of carbonyl (C=O) groups excluding carboxylic acids is 3. The van der Waals surface area contributed by atoms with E-state index in [4.69, 9.17) is 9.47 Å². The lowest BCUT2D eigenvalue weighted by atomic mass is 10.0. The highest BCUT2D eigenvalue weighted by atomic mass is 32.2. The quantitative estimate of drug-likeness (QED) is 0.113. The molecule has 2 aliphatic heterocycles. The van der Waals surface area contributed by atoms with E-state index < -0.39 is 17.5 Å². The van der Waals surface area contributed by atoms with Crippen LogP contribution in [0.4, 0.5) is 8.78 Å². The van der Waals surface area contributed by atoms with Crippen molar-refractivity contribution in [2.45, 2.75) is 47.6 Å². The summed E-state index contributed by atoms with van der Waals surface area (Å²) in [6, 6.07) is 26.2. The van der Waals surface area contributed by atoms with Crippen molar-refractivity contribution in [3.05, 3.63) is 132 Å². The highest BCUT2D eigenvalue weighted by molar-refractivity contribution is 7.98. The Labute approximate surface area is 344 Å². The van der Waals surface area contributed by atoms with Crippen LogP contribution in [0, 0.1) is 11.6 Å². The molecular weight excluding hydrogens is 783 g/mol. The van der Waals surface area contributed by atoms with E-state index in [1.165, 1.54) is 0 Å². The zero-order valence-corrected chi connectivity index (χ0v) is 33.7. The molecule has 0 radical (unpaired) electrons. The molecule has 3 amide bonds. The van der Waals surface area contributed by atoms with Crippen molar-refractivity contribution in [3.63, 3.8) is 0 Å². The first-order valence-electron chi connectivity index (χ1n) is 18.8. The summed E-state index contributed by atoms with van der Waals surface area (Å²) < 4.78 is 39.1. The normalized spacial score (nSPS) is 14.4. The van der Waals surface area contributed by atoms with Gasteiger partial charge in [0.05, 0.1) is 12.4 Å². The number of nitrogens with one attached hydrogen (secondary N) is 3. The molecule has 7 rings (SSSR count). The van der Waals surface area contributed by atoms with Gasteiger partial charge in [-0.3, -0.25) is 14.4 Å². The Morgan fingerprint density at radius 3 is 1.64 bits per heavy atom. The summed E-state index contributed by atoms with van der Waals surface area (Å²) in [5, 5.41) is 9.13. The summed E-state index contributed by atoms with van der Waals surface area (Å²) >= 11 is 3.15. The number of amides is 3. The molecule has 2 fully saturated rings. The molecule has 0 atom stereocenters. The van der Waals surface area contributed by atoms with Crippen molar-refractivity contribution in [1.29, 1.82) is 0 Å². The summed E-state index contributed by atoms with van der Waals surface area (Å²) in [7, 11) is 0. The zero-order valence-electron chi connectivity index (χ0n) is 32.1. The van der Waals surface area contributed by atoms with Crippen molar-refractivity contribution in [2.75, 3.05) is 38.7 Å². The number of rotatable bonds is 11. The third-order valence-electron chi connectivity index (χ3n) is 9.45. The van der Waals surface area contributed by atoms with Crippen LogP contribution in [0.25, 0.3) is 0 Å². The summed E-state index contributed by atoms with van der Waals surface area (Å²) in [6.07, 6.45) is 8.91. The van der Waals surface area contributed by atoms with Gasteiger partial charge in [0.1, 0.15) is 34.3 Å². The summed E-state index contributed by atoms with van der Waals surface area (Å²) in [5.41, 5.74) is 0.790. The summed E-state index contributed by atoms with van der Waals surface area (Å²) in [6.45, 7) is 2.78. The van der Waals surface area contributed by atoms with Crippen molar-refractivity contribution in [3.8, 4) is 23.3 Å². The van der Waals surface area contributed by atoms with Gasteiger partial charge in [-0.2, -0.15) is 0 Å².